The minimum atomic E-state index is -0.499. The largest absolute Gasteiger partial charge is 0.444 e. The molecule has 1 heterocycles. The summed E-state index contributed by atoms with van der Waals surface area (Å²) in [6.45, 7) is 14.3. The molecule has 5 nitrogen and oxygen atoms in total. The van der Waals surface area contributed by atoms with Crippen LogP contribution in [0.5, 0.6) is 0 Å². The molecule has 0 N–H and O–H groups in total. The van der Waals surface area contributed by atoms with E-state index in [2.05, 4.69) is 31.7 Å². The number of amides is 1. The summed E-state index contributed by atoms with van der Waals surface area (Å²) >= 11 is 6.27. The van der Waals surface area contributed by atoms with E-state index in [0.717, 1.165) is 18.7 Å². The van der Waals surface area contributed by atoms with E-state index in [-0.39, 0.29) is 17.6 Å². The molecule has 1 saturated heterocycles. The van der Waals surface area contributed by atoms with Gasteiger partial charge in [0.25, 0.3) is 0 Å². The molecule has 0 aromatic heterocycles. The summed E-state index contributed by atoms with van der Waals surface area (Å²) in [5, 5.41) is 9.58. The highest BCUT2D eigenvalue weighted by molar-refractivity contribution is 6.32. The summed E-state index contributed by atoms with van der Waals surface area (Å²) in [4.78, 5) is 16.5. The molecule has 1 aromatic carbocycles. The van der Waals surface area contributed by atoms with Crippen LogP contribution in [0, 0.1) is 16.7 Å². The van der Waals surface area contributed by atoms with E-state index < -0.39 is 5.60 Å². The summed E-state index contributed by atoms with van der Waals surface area (Å²) in [5.41, 5.74) is 1.02. The normalized spacial score (nSPS) is 17.6. The zero-order valence-corrected chi connectivity index (χ0v) is 17.9. The topological polar surface area (TPSA) is 56.6 Å². The molecule has 0 radical (unpaired) electrons. The Morgan fingerprint density at radius 3 is 2.52 bits per heavy atom. The Labute approximate surface area is 167 Å². The molecule has 1 atom stereocenters. The number of rotatable bonds is 3. The Balaban J connectivity index is 2.22. The standard InChI is InChI=1S/C21H30ClN3O2/c1-20(2,3)14-25(16-8-7-15(12-23)18(22)11-16)17-9-10-24(13-17)19(26)27-21(4,5)6/h7-8,11,17H,9-10,13-14H2,1-6H3/t17-/m0/s1. The molecule has 1 fully saturated rings. The van der Waals surface area contributed by atoms with Crippen molar-refractivity contribution < 1.29 is 9.53 Å². The maximum Gasteiger partial charge on any atom is 0.410 e. The van der Waals surface area contributed by atoms with Gasteiger partial charge in [0, 0.05) is 31.4 Å². The Kier molecular flexibility index (Phi) is 6.32. The second-order valence-electron chi connectivity index (χ2n) is 9.33. The third kappa shape index (κ3) is 6.04. The fourth-order valence-electron chi connectivity index (χ4n) is 3.20. The van der Waals surface area contributed by atoms with Gasteiger partial charge in [-0.2, -0.15) is 5.26 Å². The number of carbonyl (C=O) groups excluding carboxylic acids is 1. The Morgan fingerprint density at radius 1 is 1.33 bits per heavy atom. The Morgan fingerprint density at radius 2 is 2.00 bits per heavy atom. The van der Waals surface area contributed by atoms with Crippen molar-refractivity contribution in [2.24, 2.45) is 5.41 Å². The first-order chi connectivity index (χ1) is 12.4. The second-order valence-corrected chi connectivity index (χ2v) is 9.74. The van der Waals surface area contributed by atoms with Gasteiger partial charge in [0.05, 0.1) is 10.6 Å². The summed E-state index contributed by atoms with van der Waals surface area (Å²) in [6, 6.07) is 7.83. The highest BCUT2D eigenvalue weighted by Crippen LogP contribution is 2.31. The third-order valence-electron chi connectivity index (χ3n) is 4.31. The van der Waals surface area contributed by atoms with E-state index in [1.54, 1.807) is 11.0 Å². The first-order valence-corrected chi connectivity index (χ1v) is 9.72. The molecule has 148 valence electrons. The van der Waals surface area contributed by atoms with Crippen LogP contribution in [0.25, 0.3) is 0 Å². The molecule has 2 rings (SSSR count). The Hall–Kier alpha value is -1.93. The number of carbonyl (C=O) groups is 1. The molecular formula is C21H30ClN3O2. The van der Waals surface area contributed by atoms with Crippen molar-refractivity contribution in [1.82, 2.24) is 4.90 Å². The van der Waals surface area contributed by atoms with Crippen LogP contribution < -0.4 is 4.90 Å². The number of nitrogens with zero attached hydrogens (tertiary/aromatic N) is 3. The SMILES string of the molecule is CC(C)(C)CN(c1ccc(C#N)c(Cl)c1)[C@H]1CCN(C(=O)OC(C)(C)C)C1. The fourth-order valence-corrected chi connectivity index (χ4v) is 3.42. The molecule has 0 spiro atoms. The van der Waals surface area contributed by atoms with E-state index in [4.69, 9.17) is 21.6 Å². The van der Waals surface area contributed by atoms with E-state index in [1.807, 2.05) is 32.9 Å². The molecule has 0 saturated carbocycles. The highest BCUT2D eigenvalue weighted by atomic mass is 35.5. The Bertz CT molecular complexity index is 728. The number of nitriles is 1. The van der Waals surface area contributed by atoms with Crippen molar-refractivity contribution in [3.8, 4) is 6.07 Å². The van der Waals surface area contributed by atoms with Crippen molar-refractivity contribution in [2.45, 2.75) is 59.6 Å². The van der Waals surface area contributed by atoms with Gasteiger partial charge < -0.3 is 14.5 Å². The van der Waals surface area contributed by atoms with Gasteiger partial charge in [-0.3, -0.25) is 0 Å². The molecule has 0 bridgehead atoms. The van der Waals surface area contributed by atoms with Gasteiger partial charge in [-0.25, -0.2) is 4.79 Å². The number of hydrogen-bond acceptors (Lipinski definition) is 4. The number of likely N-dealkylation sites (tertiary alicyclic amines) is 1. The average Bonchev–Trinajstić information content (AvgIpc) is 3.00. The predicted molar refractivity (Wildman–Crippen MR) is 109 cm³/mol. The molecule has 27 heavy (non-hydrogen) atoms. The molecule has 1 aliphatic rings. The maximum atomic E-state index is 12.4. The van der Waals surface area contributed by atoms with Crippen molar-refractivity contribution in [2.75, 3.05) is 24.5 Å². The van der Waals surface area contributed by atoms with Crippen molar-refractivity contribution in [3.05, 3.63) is 28.8 Å². The molecule has 1 aliphatic heterocycles. The molecule has 0 aliphatic carbocycles. The molecule has 1 amide bonds. The highest BCUT2D eigenvalue weighted by Gasteiger charge is 2.34. The van der Waals surface area contributed by atoms with Gasteiger partial charge in [0.2, 0.25) is 0 Å². The number of hydrogen-bond donors (Lipinski definition) is 0. The summed E-state index contributed by atoms with van der Waals surface area (Å²) < 4.78 is 5.52. The van der Waals surface area contributed by atoms with Crippen LogP contribution in [0.3, 0.4) is 0 Å². The van der Waals surface area contributed by atoms with Gasteiger partial charge >= 0.3 is 6.09 Å². The number of halogens is 1. The monoisotopic (exact) mass is 391 g/mol. The van der Waals surface area contributed by atoms with Crippen LogP contribution in [0.1, 0.15) is 53.5 Å². The summed E-state index contributed by atoms with van der Waals surface area (Å²) in [6.07, 6.45) is 0.603. The van der Waals surface area contributed by atoms with E-state index >= 15 is 0 Å². The maximum absolute atomic E-state index is 12.4. The van der Waals surface area contributed by atoms with Crippen LogP contribution >= 0.6 is 11.6 Å². The van der Waals surface area contributed by atoms with Crippen LogP contribution in [0.4, 0.5) is 10.5 Å². The number of benzene rings is 1. The van der Waals surface area contributed by atoms with Crippen LogP contribution in [0.2, 0.25) is 5.02 Å². The van der Waals surface area contributed by atoms with Crippen molar-refractivity contribution in [1.29, 1.82) is 5.26 Å². The minimum Gasteiger partial charge on any atom is -0.444 e. The van der Waals surface area contributed by atoms with Gasteiger partial charge in [-0.05, 0) is 50.8 Å². The summed E-state index contributed by atoms with van der Waals surface area (Å²) in [5.74, 6) is 0. The van der Waals surface area contributed by atoms with Crippen LogP contribution in [-0.4, -0.2) is 42.3 Å². The second kappa shape index (κ2) is 7.98. The van der Waals surface area contributed by atoms with Gasteiger partial charge in [-0.1, -0.05) is 32.4 Å². The molecule has 0 unspecified atom stereocenters. The van der Waals surface area contributed by atoms with Gasteiger partial charge in [-0.15, -0.1) is 0 Å². The average molecular weight is 392 g/mol. The van der Waals surface area contributed by atoms with Crippen molar-refractivity contribution in [3.63, 3.8) is 0 Å². The summed E-state index contributed by atoms with van der Waals surface area (Å²) in [7, 11) is 0. The zero-order chi connectivity index (χ0) is 20.4. The predicted octanol–water partition coefficient (Wildman–Crippen LogP) is 5.07. The van der Waals surface area contributed by atoms with Crippen LogP contribution in [0.15, 0.2) is 18.2 Å². The fraction of sp³-hybridized carbons (Fsp3) is 0.619. The smallest absolute Gasteiger partial charge is 0.410 e. The lowest BCUT2D eigenvalue weighted by Gasteiger charge is -2.36. The first kappa shape index (κ1) is 21.4. The minimum absolute atomic E-state index is 0.0692. The van der Waals surface area contributed by atoms with Crippen LogP contribution in [-0.2, 0) is 4.74 Å². The molecular weight excluding hydrogens is 362 g/mol. The quantitative estimate of drug-likeness (QED) is 0.721. The molecule has 1 aromatic rings. The van der Waals surface area contributed by atoms with E-state index in [0.29, 0.717) is 23.7 Å². The molecule has 6 heteroatoms. The lowest BCUT2D eigenvalue weighted by molar-refractivity contribution is 0.0292. The van der Waals surface area contributed by atoms with E-state index in [9.17, 15) is 4.79 Å². The van der Waals surface area contributed by atoms with Crippen molar-refractivity contribution >= 4 is 23.4 Å². The van der Waals surface area contributed by atoms with Gasteiger partial charge in [0.15, 0.2) is 0 Å². The lowest BCUT2D eigenvalue weighted by Crippen LogP contribution is -2.44. The zero-order valence-electron chi connectivity index (χ0n) is 17.2. The van der Waals surface area contributed by atoms with Gasteiger partial charge in [0.1, 0.15) is 11.7 Å². The third-order valence-corrected chi connectivity index (χ3v) is 4.62. The first-order valence-electron chi connectivity index (χ1n) is 9.34. The lowest BCUT2D eigenvalue weighted by atomic mass is 9.94. The number of anilines is 1. The number of ether oxygens (including phenoxy) is 1. The van der Waals surface area contributed by atoms with E-state index in [1.165, 1.54) is 0 Å².